The summed E-state index contributed by atoms with van der Waals surface area (Å²) in [5.41, 5.74) is 0.576. The zero-order chi connectivity index (χ0) is 18.4. The zero-order valence-electron chi connectivity index (χ0n) is 14.3. The molecule has 26 heavy (non-hydrogen) atoms. The first-order valence-electron chi connectivity index (χ1n) is 9.04. The van der Waals surface area contributed by atoms with Gasteiger partial charge in [-0.2, -0.15) is 0 Å². The third-order valence-corrected chi connectivity index (χ3v) is 5.86. The molecule has 0 aromatic heterocycles. The van der Waals surface area contributed by atoms with Gasteiger partial charge in [0, 0.05) is 25.3 Å². The van der Waals surface area contributed by atoms with E-state index in [2.05, 4.69) is 0 Å². The van der Waals surface area contributed by atoms with Crippen molar-refractivity contribution in [3.05, 3.63) is 30.1 Å². The highest BCUT2D eigenvalue weighted by Gasteiger charge is 2.49. The van der Waals surface area contributed by atoms with E-state index in [1.807, 2.05) is 0 Å². The second kappa shape index (κ2) is 6.37. The number of anilines is 1. The molecule has 1 aliphatic carbocycles. The maximum Gasteiger partial charge on any atom is 0.308 e. The van der Waals surface area contributed by atoms with Gasteiger partial charge in [0.1, 0.15) is 11.7 Å². The topological polar surface area (TPSA) is 77.9 Å². The minimum absolute atomic E-state index is 0.00107. The number of carbonyl (C=O) groups excluding carboxylic acids is 2. The van der Waals surface area contributed by atoms with Crippen LogP contribution in [-0.2, 0) is 14.4 Å². The fourth-order valence-electron chi connectivity index (χ4n) is 4.28. The number of carboxylic acids is 1. The Bertz CT molecular complexity index is 746. The average Bonchev–Trinajstić information content (AvgIpc) is 3.24. The normalized spacial score (nSPS) is 28.7. The standard InChI is InChI=1S/C19H21FN2O4/c20-12-3-5-13(6-4-12)22-8-7-14(18(22)24)17(23)21-9-15(11-1-2-11)16(10-21)19(25)26/h3-6,11,14-16H,1-2,7-10H2,(H,25,26)/t14?,15-,16+/m1/s1. The number of hydrogen-bond acceptors (Lipinski definition) is 3. The Kier molecular flexibility index (Phi) is 4.17. The number of carbonyl (C=O) groups is 3. The van der Waals surface area contributed by atoms with Gasteiger partial charge in [-0.3, -0.25) is 14.4 Å². The summed E-state index contributed by atoms with van der Waals surface area (Å²) in [6.45, 7) is 1.03. The minimum Gasteiger partial charge on any atom is -0.481 e. The van der Waals surface area contributed by atoms with Crippen molar-refractivity contribution in [3.8, 4) is 0 Å². The Hall–Kier alpha value is -2.44. The molecule has 1 aromatic carbocycles. The van der Waals surface area contributed by atoms with E-state index in [1.165, 1.54) is 29.2 Å². The summed E-state index contributed by atoms with van der Waals surface area (Å²) in [6, 6.07) is 5.63. The molecule has 138 valence electrons. The van der Waals surface area contributed by atoms with Gasteiger partial charge < -0.3 is 14.9 Å². The van der Waals surface area contributed by atoms with E-state index in [0.29, 0.717) is 31.1 Å². The van der Waals surface area contributed by atoms with Crippen molar-refractivity contribution >= 4 is 23.5 Å². The van der Waals surface area contributed by atoms with Crippen molar-refractivity contribution < 1.29 is 23.9 Å². The van der Waals surface area contributed by atoms with Crippen LogP contribution in [0.25, 0.3) is 0 Å². The van der Waals surface area contributed by atoms with E-state index in [4.69, 9.17) is 0 Å². The summed E-state index contributed by atoms with van der Waals surface area (Å²) in [5.74, 6) is -2.70. The summed E-state index contributed by atoms with van der Waals surface area (Å²) in [7, 11) is 0. The maximum absolute atomic E-state index is 13.1. The maximum atomic E-state index is 13.1. The van der Waals surface area contributed by atoms with Crippen LogP contribution in [0.3, 0.4) is 0 Å². The number of rotatable bonds is 4. The second-order valence-corrected chi connectivity index (χ2v) is 7.50. The Morgan fingerprint density at radius 3 is 2.38 bits per heavy atom. The lowest BCUT2D eigenvalue weighted by atomic mass is 9.92. The van der Waals surface area contributed by atoms with Crippen molar-refractivity contribution in [3.63, 3.8) is 0 Å². The zero-order valence-corrected chi connectivity index (χ0v) is 14.3. The summed E-state index contributed by atoms with van der Waals surface area (Å²) >= 11 is 0. The predicted molar refractivity (Wildman–Crippen MR) is 90.8 cm³/mol. The molecule has 2 heterocycles. The molecule has 1 N–H and O–H groups in total. The number of hydrogen-bond donors (Lipinski definition) is 1. The van der Waals surface area contributed by atoms with Crippen molar-refractivity contribution in [1.29, 1.82) is 0 Å². The Labute approximate surface area is 150 Å². The summed E-state index contributed by atoms with van der Waals surface area (Å²) in [4.78, 5) is 40.2. The lowest BCUT2D eigenvalue weighted by Crippen LogP contribution is -2.39. The third-order valence-electron chi connectivity index (χ3n) is 5.86. The van der Waals surface area contributed by atoms with Crippen molar-refractivity contribution in [2.75, 3.05) is 24.5 Å². The van der Waals surface area contributed by atoms with E-state index in [1.54, 1.807) is 4.90 Å². The third kappa shape index (κ3) is 2.95. The summed E-state index contributed by atoms with van der Waals surface area (Å²) in [5, 5.41) is 9.45. The number of carboxylic acid groups (broad SMARTS) is 1. The number of aliphatic carboxylic acids is 1. The molecule has 2 aliphatic heterocycles. The molecule has 7 heteroatoms. The van der Waals surface area contributed by atoms with E-state index in [-0.39, 0.29) is 30.1 Å². The van der Waals surface area contributed by atoms with Crippen LogP contribution in [0, 0.1) is 29.5 Å². The van der Waals surface area contributed by atoms with Crippen LogP contribution < -0.4 is 4.90 Å². The first-order chi connectivity index (χ1) is 12.5. The highest BCUT2D eigenvalue weighted by atomic mass is 19.1. The van der Waals surface area contributed by atoms with E-state index in [9.17, 15) is 23.9 Å². The van der Waals surface area contributed by atoms with Crippen LogP contribution >= 0.6 is 0 Å². The SMILES string of the molecule is O=C(O)[C@H]1CN(C(=O)C2CCN(c3ccc(F)cc3)C2=O)C[C@@H]1C1CC1. The Balaban J connectivity index is 1.46. The molecule has 0 bridgehead atoms. The molecular weight excluding hydrogens is 339 g/mol. The number of benzene rings is 1. The summed E-state index contributed by atoms with van der Waals surface area (Å²) in [6.07, 6.45) is 2.45. The number of nitrogens with zero attached hydrogens (tertiary/aromatic N) is 2. The first-order valence-corrected chi connectivity index (χ1v) is 9.04. The summed E-state index contributed by atoms with van der Waals surface area (Å²) < 4.78 is 13.1. The van der Waals surface area contributed by atoms with Crippen LogP contribution in [0.4, 0.5) is 10.1 Å². The van der Waals surface area contributed by atoms with Crippen molar-refractivity contribution in [2.24, 2.45) is 23.7 Å². The molecule has 0 radical (unpaired) electrons. The molecule has 1 aromatic rings. The lowest BCUT2D eigenvalue weighted by molar-refractivity contribution is -0.143. The van der Waals surface area contributed by atoms with Crippen molar-refractivity contribution in [1.82, 2.24) is 4.90 Å². The minimum atomic E-state index is -0.858. The number of amides is 2. The van der Waals surface area contributed by atoms with Gasteiger partial charge in [-0.15, -0.1) is 0 Å². The number of halogens is 1. The van der Waals surface area contributed by atoms with Crippen LogP contribution in [-0.4, -0.2) is 47.4 Å². The van der Waals surface area contributed by atoms with Crippen LogP contribution in [0.15, 0.2) is 24.3 Å². The molecule has 3 fully saturated rings. The molecule has 3 aliphatic rings. The van der Waals surface area contributed by atoms with Crippen LogP contribution in [0.1, 0.15) is 19.3 Å². The van der Waals surface area contributed by atoms with Gasteiger partial charge in [0.15, 0.2) is 0 Å². The Morgan fingerprint density at radius 1 is 1.08 bits per heavy atom. The lowest BCUT2D eigenvalue weighted by Gasteiger charge is -2.21. The Morgan fingerprint density at radius 2 is 1.77 bits per heavy atom. The average molecular weight is 360 g/mol. The molecule has 3 atom stereocenters. The monoisotopic (exact) mass is 360 g/mol. The van der Waals surface area contributed by atoms with Gasteiger partial charge in [-0.25, -0.2) is 4.39 Å². The van der Waals surface area contributed by atoms with E-state index < -0.39 is 17.8 Å². The largest absolute Gasteiger partial charge is 0.481 e. The van der Waals surface area contributed by atoms with Gasteiger partial charge in [-0.1, -0.05) is 0 Å². The smallest absolute Gasteiger partial charge is 0.308 e. The predicted octanol–water partition coefficient (Wildman–Crippen LogP) is 1.75. The van der Waals surface area contributed by atoms with Gasteiger partial charge >= 0.3 is 5.97 Å². The fourth-order valence-corrected chi connectivity index (χ4v) is 4.28. The van der Waals surface area contributed by atoms with Crippen molar-refractivity contribution in [2.45, 2.75) is 19.3 Å². The molecule has 2 saturated heterocycles. The molecule has 4 rings (SSSR count). The first kappa shape index (κ1) is 17.0. The van der Waals surface area contributed by atoms with Gasteiger partial charge in [0.05, 0.1) is 5.92 Å². The second-order valence-electron chi connectivity index (χ2n) is 7.50. The molecule has 2 amide bonds. The molecule has 1 saturated carbocycles. The van der Waals surface area contributed by atoms with Gasteiger partial charge in [0.25, 0.3) is 0 Å². The highest BCUT2D eigenvalue weighted by molar-refractivity contribution is 6.09. The van der Waals surface area contributed by atoms with E-state index >= 15 is 0 Å². The van der Waals surface area contributed by atoms with Crippen LogP contribution in [0.2, 0.25) is 0 Å². The molecule has 0 spiro atoms. The quantitative estimate of drug-likeness (QED) is 0.830. The molecule has 6 nitrogen and oxygen atoms in total. The molecular formula is C19H21FN2O4. The fraction of sp³-hybridized carbons (Fsp3) is 0.526. The highest BCUT2D eigenvalue weighted by Crippen LogP contribution is 2.44. The molecule has 1 unspecified atom stereocenters. The number of likely N-dealkylation sites (tertiary alicyclic amines) is 1. The van der Waals surface area contributed by atoms with Gasteiger partial charge in [-0.05, 0) is 55.4 Å². The van der Waals surface area contributed by atoms with Gasteiger partial charge in [0.2, 0.25) is 11.8 Å². The van der Waals surface area contributed by atoms with E-state index in [0.717, 1.165) is 12.8 Å². The van der Waals surface area contributed by atoms with Crippen LogP contribution in [0.5, 0.6) is 0 Å².